The van der Waals surface area contributed by atoms with Gasteiger partial charge in [-0.2, -0.15) is 0 Å². The highest BCUT2D eigenvalue weighted by molar-refractivity contribution is 5.92. The number of nitrogens with zero attached hydrogens (tertiary/aromatic N) is 2. The molecule has 1 heterocycles. The summed E-state index contributed by atoms with van der Waals surface area (Å²) in [5.74, 6) is -0.0142. The second-order valence-corrected chi connectivity index (χ2v) is 3.98. The summed E-state index contributed by atoms with van der Waals surface area (Å²) in [6.07, 6.45) is 4.95. The van der Waals surface area contributed by atoms with Crippen LogP contribution in [0.1, 0.15) is 29.8 Å². The predicted octanol–water partition coefficient (Wildman–Crippen LogP) is 1.29. The molecular formula is C11H15N3O. The summed E-state index contributed by atoms with van der Waals surface area (Å²) < 4.78 is 0. The fraction of sp³-hybridized carbons (Fsp3) is 0.455. The van der Waals surface area contributed by atoms with Gasteiger partial charge in [-0.05, 0) is 31.4 Å². The molecule has 15 heavy (non-hydrogen) atoms. The van der Waals surface area contributed by atoms with Crippen LogP contribution in [0.15, 0.2) is 18.3 Å². The molecule has 1 aliphatic rings. The quantitative estimate of drug-likeness (QED) is 0.791. The van der Waals surface area contributed by atoms with Gasteiger partial charge in [0.2, 0.25) is 0 Å². The largest absolute Gasteiger partial charge is 0.397 e. The van der Waals surface area contributed by atoms with Crippen LogP contribution in [0.4, 0.5) is 5.69 Å². The van der Waals surface area contributed by atoms with Gasteiger partial charge in [-0.1, -0.05) is 0 Å². The molecule has 2 rings (SSSR count). The first-order chi connectivity index (χ1) is 7.18. The summed E-state index contributed by atoms with van der Waals surface area (Å²) in [5.41, 5.74) is 6.56. The van der Waals surface area contributed by atoms with Crippen LogP contribution in [-0.2, 0) is 0 Å². The Balaban J connectivity index is 2.09. The zero-order valence-corrected chi connectivity index (χ0v) is 8.81. The first-order valence-corrected chi connectivity index (χ1v) is 5.17. The van der Waals surface area contributed by atoms with E-state index >= 15 is 0 Å². The lowest BCUT2D eigenvalue weighted by Crippen LogP contribution is -2.41. The molecule has 1 amide bonds. The SMILES string of the molecule is CN(C(=O)c1ccc(N)cn1)C1CCC1. The van der Waals surface area contributed by atoms with Gasteiger partial charge in [0.15, 0.2) is 0 Å². The monoisotopic (exact) mass is 205 g/mol. The maximum atomic E-state index is 11.9. The third-order valence-electron chi connectivity index (χ3n) is 2.95. The van der Waals surface area contributed by atoms with Crippen molar-refractivity contribution in [3.8, 4) is 0 Å². The van der Waals surface area contributed by atoms with Crippen LogP contribution >= 0.6 is 0 Å². The van der Waals surface area contributed by atoms with E-state index in [1.54, 1.807) is 17.0 Å². The van der Waals surface area contributed by atoms with Crippen LogP contribution in [0.25, 0.3) is 0 Å². The lowest BCUT2D eigenvalue weighted by molar-refractivity contribution is 0.0646. The van der Waals surface area contributed by atoms with E-state index in [0.717, 1.165) is 12.8 Å². The van der Waals surface area contributed by atoms with Gasteiger partial charge in [0, 0.05) is 13.1 Å². The van der Waals surface area contributed by atoms with Gasteiger partial charge in [0.25, 0.3) is 5.91 Å². The third-order valence-corrected chi connectivity index (χ3v) is 2.95. The number of hydrogen-bond donors (Lipinski definition) is 1. The Kier molecular flexibility index (Phi) is 2.58. The maximum absolute atomic E-state index is 11.9. The van der Waals surface area contributed by atoms with Gasteiger partial charge in [-0.15, -0.1) is 0 Å². The third kappa shape index (κ3) is 1.93. The predicted molar refractivity (Wildman–Crippen MR) is 58.4 cm³/mol. The number of nitrogens with two attached hydrogens (primary N) is 1. The number of amides is 1. The first kappa shape index (κ1) is 9.96. The molecule has 1 aromatic heterocycles. The van der Waals surface area contributed by atoms with Crippen LogP contribution < -0.4 is 5.73 Å². The molecule has 4 heteroatoms. The van der Waals surface area contributed by atoms with Crippen LogP contribution in [0.2, 0.25) is 0 Å². The van der Waals surface area contributed by atoms with Gasteiger partial charge in [-0.3, -0.25) is 4.79 Å². The number of pyridine rings is 1. The number of carbonyl (C=O) groups is 1. The number of rotatable bonds is 2. The number of hydrogen-bond acceptors (Lipinski definition) is 3. The Labute approximate surface area is 89.1 Å². The molecule has 0 aromatic carbocycles. The molecule has 1 saturated carbocycles. The van der Waals surface area contributed by atoms with Crippen molar-refractivity contribution in [1.82, 2.24) is 9.88 Å². The lowest BCUT2D eigenvalue weighted by atomic mass is 9.92. The molecule has 1 aliphatic carbocycles. The smallest absolute Gasteiger partial charge is 0.272 e. The van der Waals surface area contributed by atoms with E-state index in [-0.39, 0.29) is 5.91 Å². The second kappa shape index (κ2) is 3.88. The molecule has 0 radical (unpaired) electrons. The van der Waals surface area contributed by atoms with Gasteiger partial charge in [0.05, 0.1) is 11.9 Å². The first-order valence-electron chi connectivity index (χ1n) is 5.17. The van der Waals surface area contributed by atoms with Crippen LogP contribution in [0, 0.1) is 0 Å². The summed E-state index contributed by atoms with van der Waals surface area (Å²) in [5, 5.41) is 0. The van der Waals surface area contributed by atoms with Crippen molar-refractivity contribution in [2.45, 2.75) is 25.3 Å². The van der Waals surface area contributed by atoms with E-state index in [1.807, 2.05) is 7.05 Å². The Morgan fingerprint density at radius 2 is 2.27 bits per heavy atom. The summed E-state index contributed by atoms with van der Waals surface area (Å²) in [4.78, 5) is 17.7. The minimum Gasteiger partial charge on any atom is -0.397 e. The van der Waals surface area contributed by atoms with Crippen molar-refractivity contribution in [2.75, 3.05) is 12.8 Å². The number of nitrogen functional groups attached to an aromatic ring is 1. The van der Waals surface area contributed by atoms with Crippen LogP contribution in [-0.4, -0.2) is 28.9 Å². The van der Waals surface area contributed by atoms with E-state index in [2.05, 4.69) is 4.98 Å². The Hall–Kier alpha value is -1.58. The zero-order valence-electron chi connectivity index (χ0n) is 8.81. The number of aromatic nitrogens is 1. The average molecular weight is 205 g/mol. The molecule has 0 unspecified atom stereocenters. The molecule has 0 spiro atoms. The molecule has 80 valence electrons. The maximum Gasteiger partial charge on any atom is 0.272 e. The van der Waals surface area contributed by atoms with Gasteiger partial charge in [-0.25, -0.2) is 4.98 Å². The van der Waals surface area contributed by atoms with E-state index < -0.39 is 0 Å². The Morgan fingerprint density at radius 1 is 1.53 bits per heavy atom. The molecule has 0 saturated heterocycles. The Bertz CT molecular complexity index is 357. The molecule has 0 atom stereocenters. The highest BCUT2D eigenvalue weighted by atomic mass is 16.2. The summed E-state index contributed by atoms with van der Waals surface area (Å²) in [6, 6.07) is 3.78. The highest BCUT2D eigenvalue weighted by Gasteiger charge is 2.26. The summed E-state index contributed by atoms with van der Waals surface area (Å²) in [7, 11) is 1.84. The minimum atomic E-state index is -0.0142. The zero-order chi connectivity index (χ0) is 10.8. The topological polar surface area (TPSA) is 59.2 Å². The van der Waals surface area contributed by atoms with Crippen molar-refractivity contribution in [1.29, 1.82) is 0 Å². The molecular weight excluding hydrogens is 190 g/mol. The van der Waals surface area contributed by atoms with Gasteiger partial charge >= 0.3 is 0 Å². The summed E-state index contributed by atoms with van der Waals surface area (Å²) in [6.45, 7) is 0. The highest BCUT2D eigenvalue weighted by Crippen LogP contribution is 2.24. The van der Waals surface area contributed by atoms with Crippen molar-refractivity contribution in [2.24, 2.45) is 0 Å². The van der Waals surface area contributed by atoms with Crippen molar-refractivity contribution in [3.63, 3.8) is 0 Å². The molecule has 1 fully saturated rings. The number of anilines is 1. The second-order valence-electron chi connectivity index (χ2n) is 3.98. The fourth-order valence-electron chi connectivity index (χ4n) is 1.65. The fourth-order valence-corrected chi connectivity index (χ4v) is 1.65. The van der Waals surface area contributed by atoms with Crippen molar-refractivity contribution >= 4 is 11.6 Å². The molecule has 0 aliphatic heterocycles. The van der Waals surface area contributed by atoms with Crippen molar-refractivity contribution in [3.05, 3.63) is 24.0 Å². The molecule has 0 bridgehead atoms. The normalized spacial score (nSPS) is 15.8. The lowest BCUT2D eigenvalue weighted by Gasteiger charge is -2.34. The summed E-state index contributed by atoms with van der Waals surface area (Å²) >= 11 is 0. The van der Waals surface area contributed by atoms with Crippen molar-refractivity contribution < 1.29 is 4.79 Å². The van der Waals surface area contributed by atoms with E-state index in [0.29, 0.717) is 17.4 Å². The van der Waals surface area contributed by atoms with Crippen LogP contribution in [0.3, 0.4) is 0 Å². The molecule has 4 nitrogen and oxygen atoms in total. The van der Waals surface area contributed by atoms with E-state index in [9.17, 15) is 4.79 Å². The van der Waals surface area contributed by atoms with E-state index in [4.69, 9.17) is 5.73 Å². The standard InChI is InChI=1S/C11H15N3O/c1-14(9-3-2-4-9)11(15)10-6-5-8(12)7-13-10/h5-7,9H,2-4,12H2,1H3. The molecule has 1 aromatic rings. The van der Waals surface area contributed by atoms with E-state index in [1.165, 1.54) is 12.6 Å². The van der Waals surface area contributed by atoms with Gasteiger partial charge < -0.3 is 10.6 Å². The average Bonchev–Trinajstić information content (AvgIpc) is 2.15. The van der Waals surface area contributed by atoms with Gasteiger partial charge in [0.1, 0.15) is 5.69 Å². The van der Waals surface area contributed by atoms with Crippen LogP contribution in [0.5, 0.6) is 0 Å². The minimum absolute atomic E-state index is 0.0142. The Morgan fingerprint density at radius 3 is 2.73 bits per heavy atom. The number of carbonyl (C=O) groups excluding carboxylic acids is 1. The molecule has 2 N–H and O–H groups in total.